The molecule has 0 saturated heterocycles. The molecule has 0 bridgehead atoms. The van der Waals surface area contributed by atoms with E-state index in [1.807, 2.05) is 0 Å². The van der Waals surface area contributed by atoms with Crippen molar-refractivity contribution in [1.29, 1.82) is 0 Å². The van der Waals surface area contributed by atoms with Gasteiger partial charge in [-0.25, -0.2) is 0 Å². The smallest absolute Gasteiger partial charge is 0.320 e. The number of carboxylic acids is 1. The zero-order chi connectivity index (χ0) is 8.15. The van der Waals surface area contributed by atoms with Gasteiger partial charge in [-0.05, 0) is 12.5 Å². The van der Waals surface area contributed by atoms with E-state index in [9.17, 15) is 13.6 Å². The molecule has 0 aromatic heterocycles. The number of carbonyl (C=O) groups is 1. The third kappa shape index (κ3) is 3.96. The molecule has 0 aliphatic heterocycles. The minimum atomic E-state index is -1.91. The predicted octanol–water partition coefficient (Wildman–Crippen LogP) is 0.569. The van der Waals surface area contributed by atoms with E-state index in [1.165, 1.54) is 0 Å². The molecule has 3 N–H and O–H groups in total. The Hall–Kier alpha value is -0.970. The van der Waals surface area contributed by atoms with Gasteiger partial charge in [-0.3, -0.25) is 4.79 Å². The minimum Gasteiger partial charge on any atom is -0.480 e. The normalized spacial score (nSPS) is 12.3. The summed E-state index contributed by atoms with van der Waals surface area (Å²) in [6.07, 6.45) is -1.76. The number of aliphatic carboxylic acids is 1. The molecule has 0 aliphatic rings. The number of halogens is 2. The zero-order valence-electron chi connectivity index (χ0n) is 5.05. The van der Waals surface area contributed by atoms with E-state index in [2.05, 4.69) is 0 Å². The van der Waals surface area contributed by atoms with Gasteiger partial charge in [0.15, 0.2) is 0 Å². The van der Waals surface area contributed by atoms with Gasteiger partial charge >= 0.3 is 5.97 Å². The quantitative estimate of drug-likeness (QED) is 0.619. The molecule has 0 aromatic rings. The van der Waals surface area contributed by atoms with Crippen LogP contribution >= 0.6 is 0 Å². The van der Waals surface area contributed by atoms with Crippen LogP contribution in [0, 0.1) is 0 Å². The summed E-state index contributed by atoms with van der Waals surface area (Å²) in [4.78, 5) is 9.91. The molecule has 0 amide bonds. The van der Waals surface area contributed by atoms with Gasteiger partial charge in [0.05, 0.1) is 0 Å². The lowest BCUT2D eigenvalue weighted by molar-refractivity contribution is -0.138. The third-order valence-corrected chi connectivity index (χ3v) is 0.843. The van der Waals surface area contributed by atoms with Crippen LogP contribution in [0.15, 0.2) is 12.2 Å². The molecule has 58 valence electrons. The van der Waals surface area contributed by atoms with Crippen LogP contribution < -0.4 is 5.73 Å². The largest absolute Gasteiger partial charge is 0.480 e. The minimum absolute atomic E-state index is 0.336. The Morgan fingerprint density at radius 3 is 2.50 bits per heavy atom. The molecule has 5 heteroatoms. The van der Waals surface area contributed by atoms with Crippen LogP contribution in [0.25, 0.3) is 0 Å². The molecule has 3 nitrogen and oxygen atoms in total. The fourth-order valence-electron chi connectivity index (χ4n) is 0.317. The molecule has 10 heavy (non-hydrogen) atoms. The van der Waals surface area contributed by atoms with Crippen molar-refractivity contribution in [3.63, 3.8) is 0 Å². The standard InChI is InChI=1S/C5H7F2NO2/c6-4(7)2-1-3(8)5(9)10/h2-3H,1,8H2,(H,9,10)/t3-/m0/s1. The van der Waals surface area contributed by atoms with Crippen molar-refractivity contribution in [3.8, 4) is 0 Å². The summed E-state index contributed by atoms with van der Waals surface area (Å²) in [7, 11) is 0. The second-order valence-electron chi connectivity index (χ2n) is 1.67. The molecular formula is C5H7F2NO2. The average molecular weight is 151 g/mol. The Kier molecular flexibility index (Phi) is 3.56. The highest BCUT2D eigenvalue weighted by molar-refractivity contribution is 5.73. The van der Waals surface area contributed by atoms with E-state index in [0.717, 1.165) is 0 Å². The number of rotatable bonds is 3. The Labute approximate surface area is 56.1 Å². The lowest BCUT2D eigenvalue weighted by Gasteiger charge is -1.98. The third-order valence-electron chi connectivity index (χ3n) is 0.843. The van der Waals surface area contributed by atoms with E-state index >= 15 is 0 Å². The topological polar surface area (TPSA) is 63.3 Å². The Balaban J connectivity index is 3.70. The number of hydrogen-bond donors (Lipinski definition) is 2. The summed E-state index contributed by atoms with van der Waals surface area (Å²) in [5.74, 6) is -1.28. The van der Waals surface area contributed by atoms with Gasteiger partial charge in [0.1, 0.15) is 6.04 Å². The van der Waals surface area contributed by atoms with Crippen LogP contribution in [0.5, 0.6) is 0 Å². The Bertz CT molecular complexity index is 154. The van der Waals surface area contributed by atoms with Crippen LogP contribution in [0.3, 0.4) is 0 Å². The fourth-order valence-corrected chi connectivity index (χ4v) is 0.317. The SMILES string of the molecule is N[C@@H](CC=C(F)F)C(=O)O. The maximum absolute atomic E-state index is 11.3. The van der Waals surface area contributed by atoms with Crippen LogP contribution in [0.4, 0.5) is 8.78 Å². The number of hydrogen-bond acceptors (Lipinski definition) is 2. The first kappa shape index (κ1) is 9.03. The fraction of sp³-hybridized carbons (Fsp3) is 0.400. The summed E-state index contributed by atoms with van der Waals surface area (Å²) in [5.41, 5.74) is 4.89. The Morgan fingerprint density at radius 1 is 1.70 bits per heavy atom. The molecule has 0 radical (unpaired) electrons. The van der Waals surface area contributed by atoms with Gasteiger partial charge in [0.25, 0.3) is 6.08 Å². The lowest BCUT2D eigenvalue weighted by Crippen LogP contribution is -2.29. The first-order chi connectivity index (χ1) is 4.54. The second kappa shape index (κ2) is 3.94. The van der Waals surface area contributed by atoms with E-state index in [0.29, 0.717) is 6.08 Å². The summed E-state index contributed by atoms with van der Waals surface area (Å²) >= 11 is 0. The first-order valence-electron chi connectivity index (χ1n) is 2.53. The summed E-state index contributed by atoms with van der Waals surface area (Å²) in [6.45, 7) is 0. The second-order valence-corrected chi connectivity index (χ2v) is 1.67. The molecule has 0 rings (SSSR count). The van der Waals surface area contributed by atoms with Gasteiger partial charge in [0, 0.05) is 0 Å². The first-order valence-corrected chi connectivity index (χ1v) is 2.53. The van der Waals surface area contributed by atoms with Crippen molar-refractivity contribution in [2.24, 2.45) is 5.73 Å². The van der Waals surface area contributed by atoms with E-state index in [1.54, 1.807) is 0 Å². The number of nitrogens with two attached hydrogens (primary N) is 1. The van der Waals surface area contributed by atoms with E-state index < -0.39 is 18.1 Å². The van der Waals surface area contributed by atoms with Gasteiger partial charge in [0.2, 0.25) is 0 Å². The molecule has 0 aliphatic carbocycles. The van der Waals surface area contributed by atoms with Gasteiger partial charge in [-0.15, -0.1) is 0 Å². The molecule has 0 heterocycles. The van der Waals surface area contributed by atoms with E-state index in [-0.39, 0.29) is 6.42 Å². The lowest BCUT2D eigenvalue weighted by atomic mass is 10.2. The van der Waals surface area contributed by atoms with Gasteiger partial charge in [-0.2, -0.15) is 8.78 Å². The Morgan fingerprint density at radius 2 is 2.20 bits per heavy atom. The molecule has 0 aromatic carbocycles. The molecule has 1 atom stereocenters. The van der Waals surface area contributed by atoms with Crippen LogP contribution in [0.1, 0.15) is 6.42 Å². The summed E-state index contributed by atoms with van der Waals surface area (Å²) in [6, 6.07) is -1.23. The van der Waals surface area contributed by atoms with Gasteiger partial charge in [-0.1, -0.05) is 0 Å². The van der Waals surface area contributed by atoms with Gasteiger partial charge < -0.3 is 10.8 Å². The summed E-state index contributed by atoms with van der Waals surface area (Å²) in [5, 5.41) is 8.10. The zero-order valence-corrected chi connectivity index (χ0v) is 5.05. The highest BCUT2D eigenvalue weighted by atomic mass is 19.3. The van der Waals surface area contributed by atoms with Crippen molar-refractivity contribution >= 4 is 5.97 Å². The van der Waals surface area contributed by atoms with Crippen LogP contribution in [0.2, 0.25) is 0 Å². The van der Waals surface area contributed by atoms with Crippen LogP contribution in [-0.4, -0.2) is 17.1 Å². The highest BCUT2D eigenvalue weighted by Crippen LogP contribution is 2.00. The maximum Gasteiger partial charge on any atom is 0.320 e. The van der Waals surface area contributed by atoms with Crippen LogP contribution in [-0.2, 0) is 4.79 Å². The highest BCUT2D eigenvalue weighted by Gasteiger charge is 2.09. The summed E-state index contributed by atoms with van der Waals surface area (Å²) < 4.78 is 22.5. The van der Waals surface area contributed by atoms with Crippen molar-refractivity contribution in [2.75, 3.05) is 0 Å². The van der Waals surface area contributed by atoms with Crippen molar-refractivity contribution in [3.05, 3.63) is 12.2 Å². The molecule has 0 fully saturated rings. The maximum atomic E-state index is 11.3. The molecule has 0 unspecified atom stereocenters. The predicted molar refractivity (Wildman–Crippen MR) is 30.5 cm³/mol. The monoisotopic (exact) mass is 151 g/mol. The number of carboxylic acid groups (broad SMARTS) is 1. The van der Waals surface area contributed by atoms with Crippen molar-refractivity contribution < 1.29 is 18.7 Å². The molecular weight excluding hydrogens is 144 g/mol. The molecule has 0 saturated carbocycles. The van der Waals surface area contributed by atoms with E-state index in [4.69, 9.17) is 10.8 Å². The van der Waals surface area contributed by atoms with Crippen molar-refractivity contribution in [1.82, 2.24) is 0 Å². The van der Waals surface area contributed by atoms with Crippen molar-refractivity contribution in [2.45, 2.75) is 12.5 Å². The average Bonchev–Trinajstić information content (AvgIpc) is 1.82. The molecule has 0 spiro atoms.